The zero-order valence-corrected chi connectivity index (χ0v) is 14.0. The third kappa shape index (κ3) is 3.61. The van der Waals surface area contributed by atoms with Crippen molar-refractivity contribution in [2.45, 2.75) is 32.0 Å². The van der Waals surface area contributed by atoms with Gasteiger partial charge in [-0.1, -0.05) is 32.4 Å². The van der Waals surface area contributed by atoms with Crippen LogP contribution in [-0.2, 0) is 4.79 Å². The fraction of sp³-hybridized carbons (Fsp3) is 0.438. The Morgan fingerprint density at radius 3 is 2.46 bits per heavy atom. The van der Waals surface area contributed by atoms with E-state index >= 15 is 0 Å². The number of alkyl halides is 4. The molecule has 0 saturated carbocycles. The van der Waals surface area contributed by atoms with Crippen LogP contribution >= 0.6 is 11.6 Å². The highest BCUT2D eigenvalue weighted by Crippen LogP contribution is 2.48. The second kappa shape index (κ2) is 5.88. The van der Waals surface area contributed by atoms with Gasteiger partial charge in [0.05, 0.1) is 0 Å². The summed E-state index contributed by atoms with van der Waals surface area (Å²) in [4.78, 5) is 11.2. The lowest BCUT2D eigenvalue weighted by atomic mass is 9.96. The number of benzene rings is 1. The molecule has 1 aliphatic heterocycles. The van der Waals surface area contributed by atoms with Gasteiger partial charge in [-0.25, -0.2) is 4.79 Å². The zero-order chi connectivity index (χ0) is 18.3. The van der Waals surface area contributed by atoms with Gasteiger partial charge in [0.2, 0.25) is 0 Å². The van der Waals surface area contributed by atoms with Crippen molar-refractivity contribution < 1.29 is 27.8 Å². The lowest BCUT2D eigenvalue weighted by molar-refractivity contribution is -0.204. The molecule has 1 unspecified atom stereocenters. The number of fused-ring (bicyclic) bond motifs is 1. The molecule has 0 radical (unpaired) electrons. The van der Waals surface area contributed by atoms with Crippen LogP contribution in [0.15, 0.2) is 23.8 Å². The molecule has 24 heavy (non-hydrogen) atoms. The topological polar surface area (TPSA) is 58.6 Å². The van der Waals surface area contributed by atoms with Crippen LogP contribution in [0.2, 0.25) is 0 Å². The smallest absolute Gasteiger partial charge is 0.448 e. The molecule has 132 valence electrons. The Hall–Kier alpha value is -1.89. The van der Waals surface area contributed by atoms with E-state index in [-0.39, 0.29) is 16.7 Å². The van der Waals surface area contributed by atoms with Gasteiger partial charge < -0.3 is 15.2 Å². The predicted molar refractivity (Wildman–Crippen MR) is 85.3 cm³/mol. The molecule has 0 amide bonds. The third-order valence-corrected chi connectivity index (χ3v) is 3.82. The molecular formula is C16H17ClF3NO3. The van der Waals surface area contributed by atoms with Gasteiger partial charge in [0, 0.05) is 23.9 Å². The number of carboxylic acids is 1. The van der Waals surface area contributed by atoms with Crippen LogP contribution in [0.3, 0.4) is 0 Å². The molecule has 2 N–H and O–H groups in total. The quantitative estimate of drug-likeness (QED) is 0.776. The molecule has 2 rings (SSSR count). The van der Waals surface area contributed by atoms with Crippen molar-refractivity contribution in [2.75, 3.05) is 11.9 Å². The van der Waals surface area contributed by atoms with Gasteiger partial charge in [0.1, 0.15) is 11.3 Å². The first kappa shape index (κ1) is 18.4. The number of aliphatic carboxylic acids is 1. The summed E-state index contributed by atoms with van der Waals surface area (Å²) >= 11 is 5.53. The number of carboxylic acid groups (broad SMARTS) is 1. The lowest BCUT2D eigenvalue weighted by Crippen LogP contribution is -2.50. The van der Waals surface area contributed by atoms with Crippen LogP contribution in [-0.4, -0.2) is 28.9 Å². The van der Waals surface area contributed by atoms with E-state index in [2.05, 4.69) is 5.32 Å². The maximum Gasteiger partial charge on any atom is 0.448 e. The number of halogens is 4. The zero-order valence-electron chi connectivity index (χ0n) is 13.3. The van der Waals surface area contributed by atoms with Gasteiger partial charge in [-0.2, -0.15) is 13.2 Å². The summed E-state index contributed by atoms with van der Waals surface area (Å²) in [5, 5.41) is 8.72. The summed E-state index contributed by atoms with van der Waals surface area (Å²) in [5.41, 5.74) is -0.333. The summed E-state index contributed by atoms with van der Waals surface area (Å²) in [6.07, 6.45) is -4.21. The van der Waals surface area contributed by atoms with E-state index in [1.54, 1.807) is 6.07 Å². The van der Waals surface area contributed by atoms with E-state index in [1.807, 2.05) is 20.8 Å². The number of nitrogens with one attached hydrogen (secondary N) is 1. The fourth-order valence-corrected chi connectivity index (χ4v) is 2.30. The van der Waals surface area contributed by atoms with Crippen molar-refractivity contribution in [2.24, 2.45) is 5.41 Å². The van der Waals surface area contributed by atoms with Crippen LogP contribution in [0.5, 0.6) is 5.75 Å². The van der Waals surface area contributed by atoms with Gasteiger partial charge in [0.15, 0.2) is 0 Å². The first-order chi connectivity index (χ1) is 10.8. The van der Waals surface area contributed by atoms with Crippen LogP contribution in [0.1, 0.15) is 26.3 Å². The molecule has 0 spiro atoms. The average Bonchev–Trinajstić information content (AvgIpc) is 2.41. The molecule has 1 heterocycles. The first-order valence-corrected chi connectivity index (χ1v) is 7.49. The normalized spacial score (nSPS) is 20.7. The first-order valence-electron chi connectivity index (χ1n) is 7.11. The van der Waals surface area contributed by atoms with E-state index in [0.717, 1.165) is 6.08 Å². The standard InChI is InChI=1S/C16H17ClF3NO3/c1-14(2,3)8-21-10-5-4-9-6-11(13(22)23)15(17,16(18,19)20)24-12(9)7-10/h4-7,21H,8H2,1-3H3,(H,22,23). The van der Waals surface area contributed by atoms with Crippen LogP contribution < -0.4 is 10.1 Å². The Labute approximate surface area is 142 Å². The molecule has 0 saturated heterocycles. The molecule has 0 aliphatic carbocycles. The van der Waals surface area contributed by atoms with Crippen LogP contribution in [0, 0.1) is 5.41 Å². The van der Waals surface area contributed by atoms with E-state index in [0.29, 0.717) is 12.2 Å². The molecule has 0 fully saturated rings. The van der Waals surface area contributed by atoms with Crippen molar-refractivity contribution in [3.05, 3.63) is 29.3 Å². The minimum atomic E-state index is -5.09. The average molecular weight is 364 g/mol. The Balaban J connectivity index is 2.42. The predicted octanol–water partition coefficient (Wildman–Crippen LogP) is 4.50. The highest BCUT2D eigenvalue weighted by molar-refractivity contribution is 6.29. The van der Waals surface area contributed by atoms with Gasteiger partial charge in [-0.3, -0.25) is 0 Å². The van der Waals surface area contributed by atoms with E-state index < -0.39 is 22.8 Å². The minimum Gasteiger partial charge on any atom is -0.478 e. The molecule has 0 bridgehead atoms. The maximum absolute atomic E-state index is 13.3. The van der Waals surface area contributed by atoms with E-state index in [1.165, 1.54) is 12.1 Å². The molecule has 4 nitrogen and oxygen atoms in total. The minimum absolute atomic E-state index is 0.0324. The molecular weight excluding hydrogens is 347 g/mol. The van der Waals surface area contributed by atoms with Gasteiger partial charge >= 0.3 is 17.2 Å². The number of anilines is 1. The summed E-state index contributed by atoms with van der Waals surface area (Å²) in [5.74, 6) is -1.92. The van der Waals surface area contributed by atoms with Crippen molar-refractivity contribution in [1.82, 2.24) is 0 Å². The number of carbonyl (C=O) groups is 1. The Kier molecular flexibility index (Phi) is 4.52. The Bertz CT molecular complexity index is 695. The van der Waals surface area contributed by atoms with Crippen molar-refractivity contribution >= 4 is 29.3 Å². The van der Waals surface area contributed by atoms with Crippen molar-refractivity contribution in [3.63, 3.8) is 0 Å². The molecule has 1 aromatic carbocycles. The second-order valence-electron chi connectivity index (χ2n) is 6.73. The molecule has 1 atom stereocenters. The Morgan fingerprint density at radius 1 is 1.33 bits per heavy atom. The van der Waals surface area contributed by atoms with Gasteiger partial charge in [-0.05, 0) is 23.6 Å². The van der Waals surface area contributed by atoms with Crippen molar-refractivity contribution in [3.8, 4) is 5.75 Å². The lowest BCUT2D eigenvalue weighted by Gasteiger charge is -2.34. The molecule has 8 heteroatoms. The monoisotopic (exact) mass is 363 g/mol. The number of hydrogen-bond donors (Lipinski definition) is 2. The fourth-order valence-electron chi connectivity index (χ4n) is 2.08. The van der Waals surface area contributed by atoms with E-state index in [9.17, 15) is 18.0 Å². The highest BCUT2D eigenvalue weighted by atomic mass is 35.5. The summed E-state index contributed by atoms with van der Waals surface area (Å²) < 4.78 is 44.7. The SMILES string of the molecule is CC(C)(C)CNc1ccc2c(c1)OC(Cl)(C(F)(F)F)C(C(=O)O)=C2. The summed E-state index contributed by atoms with van der Waals surface area (Å²) in [7, 11) is 0. The third-order valence-electron chi connectivity index (χ3n) is 3.33. The molecule has 1 aliphatic rings. The second-order valence-corrected chi connectivity index (χ2v) is 7.26. The largest absolute Gasteiger partial charge is 0.478 e. The van der Waals surface area contributed by atoms with Crippen LogP contribution in [0.25, 0.3) is 6.08 Å². The number of rotatable bonds is 3. The van der Waals surface area contributed by atoms with Gasteiger partial charge in [0.25, 0.3) is 0 Å². The maximum atomic E-state index is 13.3. The molecule has 1 aromatic rings. The van der Waals surface area contributed by atoms with Crippen molar-refractivity contribution in [1.29, 1.82) is 0 Å². The number of hydrogen-bond acceptors (Lipinski definition) is 3. The number of ether oxygens (including phenoxy) is 1. The summed E-state index contributed by atoms with van der Waals surface area (Å²) in [6.45, 7) is 6.60. The van der Waals surface area contributed by atoms with Gasteiger partial charge in [-0.15, -0.1) is 0 Å². The van der Waals surface area contributed by atoms with E-state index in [4.69, 9.17) is 21.4 Å². The van der Waals surface area contributed by atoms with Crippen LogP contribution in [0.4, 0.5) is 18.9 Å². The molecule has 0 aromatic heterocycles. The summed E-state index contributed by atoms with van der Waals surface area (Å²) in [6, 6.07) is 4.49. The Morgan fingerprint density at radius 2 is 1.96 bits per heavy atom. The highest BCUT2D eigenvalue weighted by Gasteiger charge is 2.62.